The fourth-order valence-electron chi connectivity index (χ4n) is 5.86. The summed E-state index contributed by atoms with van der Waals surface area (Å²) in [6, 6.07) is 15.6. The van der Waals surface area contributed by atoms with Gasteiger partial charge < -0.3 is 34.5 Å². The number of likely N-dealkylation sites (N-methyl/N-ethyl adjacent to an activating group) is 1. The van der Waals surface area contributed by atoms with E-state index in [0.29, 0.717) is 34.8 Å². The molecule has 4 heterocycles. The number of hydrogen-bond acceptors (Lipinski definition) is 9. The number of aromatic nitrogens is 3. The van der Waals surface area contributed by atoms with Crippen molar-refractivity contribution < 1.29 is 13.4 Å². The van der Waals surface area contributed by atoms with Gasteiger partial charge in [-0.25, -0.2) is 4.39 Å². The molecule has 6 rings (SSSR count). The second-order valence-electron chi connectivity index (χ2n) is 10.7. The van der Waals surface area contributed by atoms with E-state index >= 15 is 4.39 Å². The molecule has 2 aliphatic heterocycles. The van der Waals surface area contributed by atoms with E-state index < -0.39 is 8.38 Å². The SMILES string of the molecule is COP(OC)c1ccccc1Nc1nc(Nc2ccc(N3CCC(N4CCN(C)CC4)CC3)c(F)c2)nc2[nH]ccc12. The summed E-state index contributed by atoms with van der Waals surface area (Å²) >= 11 is 0. The Morgan fingerprint density at radius 1 is 0.929 bits per heavy atom. The summed E-state index contributed by atoms with van der Waals surface area (Å²) in [5.41, 5.74) is 2.72. The molecule has 0 spiro atoms. The van der Waals surface area contributed by atoms with Crippen molar-refractivity contribution in [2.75, 3.05) is 76.1 Å². The van der Waals surface area contributed by atoms with Crippen molar-refractivity contribution in [2.45, 2.75) is 18.9 Å². The number of nitrogens with zero attached hydrogens (tertiary/aromatic N) is 5. The largest absolute Gasteiger partial charge is 0.369 e. The Balaban J connectivity index is 1.16. The molecule has 0 atom stereocenters. The number of rotatable bonds is 9. The standard InChI is InChI=1S/C30H38FN8O2P/c1-37-16-18-38(19-17-37)22-11-14-39(15-12-22)26-9-8-21(20-24(26)31)33-30-35-28-23(10-13-32-28)29(36-30)34-25-6-4-5-7-27(25)42(40-2)41-3/h4-10,13,20,22H,11-12,14-19H2,1-3H3,(H3,32,33,34,35,36). The highest BCUT2D eigenvalue weighted by Crippen LogP contribution is 2.38. The molecular formula is C30H38FN8O2P. The van der Waals surface area contributed by atoms with Crippen LogP contribution in [0.5, 0.6) is 0 Å². The summed E-state index contributed by atoms with van der Waals surface area (Å²) in [4.78, 5) is 19.7. The minimum Gasteiger partial charge on any atom is -0.369 e. The molecule has 222 valence electrons. The number of nitrogens with one attached hydrogen (secondary N) is 3. The van der Waals surface area contributed by atoms with Gasteiger partial charge in [-0.1, -0.05) is 12.1 Å². The van der Waals surface area contributed by atoms with Crippen LogP contribution in [0.15, 0.2) is 54.7 Å². The average molecular weight is 593 g/mol. The zero-order valence-electron chi connectivity index (χ0n) is 24.3. The Morgan fingerprint density at radius 2 is 1.69 bits per heavy atom. The van der Waals surface area contributed by atoms with Crippen molar-refractivity contribution in [1.29, 1.82) is 0 Å². The maximum absolute atomic E-state index is 15.4. The number of fused-ring (bicyclic) bond motifs is 1. The van der Waals surface area contributed by atoms with Gasteiger partial charge in [0.2, 0.25) is 14.3 Å². The molecule has 2 aromatic carbocycles. The first-order valence-electron chi connectivity index (χ1n) is 14.4. The van der Waals surface area contributed by atoms with E-state index in [2.05, 4.69) is 42.3 Å². The van der Waals surface area contributed by atoms with Gasteiger partial charge in [-0.05, 0) is 56.3 Å². The fraction of sp³-hybridized carbons (Fsp3) is 0.400. The van der Waals surface area contributed by atoms with Crippen LogP contribution in [0.25, 0.3) is 11.0 Å². The van der Waals surface area contributed by atoms with Crippen LogP contribution < -0.4 is 20.8 Å². The Hall–Kier alpha value is -3.34. The van der Waals surface area contributed by atoms with Crippen molar-refractivity contribution in [1.82, 2.24) is 24.8 Å². The van der Waals surface area contributed by atoms with Crippen LogP contribution in [0.1, 0.15) is 12.8 Å². The Kier molecular flexibility index (Phi) is 8.83. The molecule has 2 aromatic heterocycles. The molecule has 2 fully saturated rings. The number of aromatic amines is 1. The normalized spacial score (nSPS) is 17.3. The van der Waals surface area contributed by atoms with Gasteiger partial charge in [0.25, 0.3) is 0 Å². The Labute approximate surface area is 247 Å². The second kappa shape index (κ2) is 12.9. The maximum Gasteiger partial charge on any atom is 0.231 e. The molecule has 12 heteroatoms. The van der Waals surface area contributed by atoms with Crippen molar-refractivity contribution in [3.63, 3.8) is 0 Å². The molecule has 3 N–H and O–H groups in total. The molecule has 0 bridgehead atoms. The summed E-state index contributed by atoms with van der Waals surface area (Å²) in [5.74, 6) is 0.711. The van der Waals surface area contributed by atoms with Crippen molar-refractivity contribution >= 4 is 53.5 Å². The van der Waals surface area contributed by atoms with Crippen molar-refractivity contribution in [3.05, 3.63) is 60.5 Å². The van der Waals surface area contributed by atoms with Gasteiger partial charge in [-0.3, -0.25) is 4.90 Å². The van der Waals surface area contributed by atoms with E-state index in [4.69, 9.17) is 14.0 Å². The summed E-state index contributed by atoms with van der Waals surface area (Å²) in [6.07, 6.45) is 3.93. The number of anilines is 5. The topological polar surface area (TPSA) is 93.8 Å². The lowest BCUT2D eigenvalue weighted by molar-refractivity contribution is 0.0981. The molecule has 42 heavy (non-hydrogen) atoms. The highest BCUT2D eigenvalue weighted by atomic mass is 31.2. The first kappa shape index (κ1) is 28.8. The van der Waals surface area contributed by atoms with Crippen molar-refractivity contribution in [3.8, 4) is 0 Å². The van der Waals surface area contributed by atoms with Crippen LogP contribution in [-0.2, 0) is 9.05 Å². The zero-order chi connectivity index (χ0) is 29.1. The molecule has 2 saturated heterocycles. The van der Waals surface area contributed by atoms with Crippen LogP contribution in [0, 0.1) is 5.82 Å². The molecule has 0 radical (unpaired) electrons. The molecule has 0 unspecified atom stereocenters. The quantitative estimate of drug-likeness (QED) is 0.232. The summed E-state index contributed by atoms with van der Waals surface area (Å²) < 4.78 is 26.5. The van der Waals surface area contributed by atoms with Gasteiger partial charge in [0.15, 0.2) is 0 Å². The smallest absolute Gasteiger partial charge is 0.231 e. The number of hydrogen-bond donors (Lipinski definition) is 3. The van der Waals surface area contributed by atoms with Crippen LogP contribution in [0.3, 0.4) is 0 Å². The third-order valence-corrected chi connectivity index (χ3v) is 9.61. The van der Waals surface area contributed by atoms with E-state index in [9.17, 15) is 0 Å². The van der Waals surface area contributed by atoms with Gasteiger partial charge in [0.1, 0.15) is 17.3 Å². The number of halogens is 1. The average Bonchev–Trinajstić information content (AvgIpc) is 3.48. The van der Waals surface area contributed by atoms with Gasteiger partial charge in [0.05, 0.1) is 22.1 Å². The summed E-state index contributed by atoms with van der Waals surface area (Å²) in [5, 5.41) is 8.36. The maximum atomic E-state index is 15.4. The monoisotopic (exact) mass is 592 g/mol. The van der Waals surface area contributed by atoms with Crippen LogP contribution >= 0.6 is 8.38 Å². The second-order valence-corrected chi connectivity index (χ2v) is 12.5. The number of para-hydroxylation sites is 1. The van der Waals surface area contributed by atoms with Crippen LogP contribution in [0.2, 0.25) is 0 Å². The van der Waals surface area contributed by atoms with Gasteiger partial charge >= 0.3 is 0 Å². The highest BCUT2D eigenvalue weighted by molar-refractivity contribution is 7.56. The Bertz CT molecular complexity index is 1500. The fourth-order valence-corrected chi connectivity index (χ4v) is 6.94. The van der Waals surface area contributed by atoms with E-state index in [1.165, 1.54) is 6.07 Å². The zero-order valence-corrected chi connectivity index (χ0v) is 25.2. The number of piperidine rings is 1. The molecule has 2 aliphatic rings. The third kappa shape index (κ3) is 6.21. The minimum atomic E-state index is -1.25. The van der Waals surface area contributed by atoms with E-state index in [1.54, 1.807) is 14.2 Å². The van der Waals surface area contributed by atoms with Crippen molar-refractivity contribution in [2.24, 2.45) is 0 Å². The first-order valence-corrected chi connectivity index (χ1v) is 15.5. The van der Waals surface area contributed by atoms with Gasteiger partial charge in [-0.15, -0.1) is 0 Å². The number of benzene rings is 2. The first-order chi connectivity index (χ1) is 20.5. The summed E-state index contributed by atoms with van der Waals surface area (Å²) in [7, 11) is 4.19. The van der Waals surface area contributed by atoms with Gasteiger partial charge in [0, 0.05) is 71.4 Å². The molecule has 10 nitrogen and oxygen atoms in total. The van der Waals surface area contributed by atoms with E-state index in [-0.39, 0.29) is 5.82 Å². The number of H-pyrrole nitrogens is 1. The van der Waals surface area contributed by atoms with E-state index in [0.717, 1.165) is 68.5 Å². The third-order valence-electron chi connectivity index (χ3n) is 8.16. The van der Waals surface area contributed by atoms with Crippen LogP contribution in [-0.4, -0.2) is 91.3 Å². The minimum absolute atomic E-state index is 0.251. The highest BCUT2D eigenvalue weighted by Gasteiger charge is 2.27. The lowest BCUT2D eigenvalue weighted by Crippen LogP contribution is -2.52. The molecule has 4 aromatic rings. The lowest BCUT2D eigenvalue weighted by atomic mass is 10.0. The Morgan fingerprint density at radius 3 is 2.43 bits per heavy atom. The predicted octanol–water partition coefficient (Wildman–Crippen LogP) is 5.03. The molecular weight excluding hydrogens is 554 g/mol. The van der Waals surface area contributed by atoms with E-state index in [1.807, 2.05) is 48.7 Å². The predicted molar refractivity (Wildman–Crippen MR) is 168 cm³/mol. The van der Waals surface area contributed by atoms with Gasteiger partial charge in [-0.2, -0.15) is 9.97 Å². The van der Waals surface area contributed by atoms with Crippen LogP contribution in [0.4, 0.5) is 33.2 Å². The number of piperazine rings is 1. The molecule has 0 saturated carbocycles. The summed E-state index contributed by atoms with van der Waals surface area (Å²) in [6.45, 7) is 6.21. The molecule has 0 amide bonds. The molecule has 0 aliphatic carbocycles. The lowest BCUT2D eigenvalue weighted by Gasteiger charge is -2.42.